The molecule has 0 bridgehead atoms. The lowest BCUT2D eigenvalue weighted by molar-refractivity contribution is -0.129. The molecule has 1 aromatic rings. The van der Waals surface area contributed by atoms with Gasteiger partial charge in [-0.3, -0.25) is 9.59 Å². The first-order chi connectivity index (χ1) is 9.09. The minimum absolute atomic E-state index is 0.00788. The molecule has 1 aliphatic rings. The van der Waals surface area contributed by atoms with Crippen molar-refractivity contribution in [1.29, 1.82) is 0 Å². The topological polar surface area (TPSA) is 49.4 Å². The van der Waals surface area contributed by atoms with E-state index in [4.69, 9.17) is 0 Å². The zero-order valence-corrected chi connectivity index (χ0v) is 13.1. The van der Waals surface area contributed by atoms with Crippen LogP contribution in [0.4, 0.5) is 0 Å². The van der Waals surface area contributed by atoms with Crippen molar-refractivity contribution in [2.75, 3.05) is 19.6 Å². The molecule has 1 heterocycles. The van der Waals surface area contributed by atoms with Crippen molar-refractivity contribution in [1.82, 2.24) is 10.2 Å². The van der Waals surface area contributed by atoms with Crippen molar-refractivity contribution in [2.24, 2.45) is 0 Å². The summed E-state index contributed by atoms with van der Waals surface area (Å²) in [4.78, 5) is 25.7. The zero-order chi connectivity index (χ0) is 13.8. The summed E-state index contributed by atoms with van der Waals surface area (Å²) in [6, 6.07) is 5.60. The Morgan fingerprint density at radius 2 is 2.00 bits per heavy atom. The maximum atomic E-state index is 12.1. The Labute approximate surface area is 126 Å². The second-order valence-corrected chi connectivity index (χ2v) is 5.79. The van der Waals surface area contributed by atoms with Gasteiger partial charge in [-0.15, -0.1) is 0 Å². The van der Waals surface area contributed by atoms with Crippen LogP contribution in [-0.2, 0) is 4.79 Å². The number of hydrogen-bond donors (Lipinski definition) is 1. The molecule has 2 rings (SSSR count). The van der Waals surface area contributed by atoms with Gasteiger partial charge in [-0.25, -0.2) is 0 Å². The van der Waals surface area contributed by atoms with Gasteiger partial charge < -0.3 is 10.2 Å². The number of halogens is 1. The van der Waals surface area contributed by atoms with Crippen molar-refractivity contribution >= 4 is 34.4 Å². The van der Waals surface area contributed by atoms with E-state index in [0.29, 0.717) is 5.56 Å². The summed E-state index contributed by atoms with van der Waals surface area (Å²) in [5.41, 5.74) is 1.70. The van der Waals surface area contributed by atoms with E-state index in [1.54, 1.807) is 6.07 Å². The van der Waals surface area contributed by atoms with Crippen LogP contribution in [0, 0.1) is 10.5 Å². The van der Waals surface area contributed by atoms with E-state index in [-0.39, 0.29) is 18.4 Å². The van der Waals surface area contributed by atoms with Gasteiger partial charge in [-0.05, 0) is 54.0 Å². The second kappa shape index (κ2) is 6.36. The number of hydrogen-bond acceptors (Lipinski definition) is 2. The third-order valence-corrected chi connectivity index (χ3v) is 4.73. The van der Waals surface area contributed by atoms with E-state index < -0.39 is 0 Å². The summed E-state index contributed by atoms with van der Waals surface area (Å²) in [6.07, 6.45) is 2.13. The molecule has 5 heteroatoms. The molecule has 0 aromatic heterocycles. The van der Waals surface area contributed by atoms with E-state index in [2.05, 4.69) is 27.9 Å². The number of carbonyl (C=O) groups excluding carboxylic acids is 2. The quantitative estimate of drug-likeness (QED) is 0.825. The third kappa shape index (κ3) is 3.46. The number of likely N-dealkylation sites (tertiary alicyclic amines) is 1. The second-order valence-electron chi connectivity index (χ2n) is 4.71. The van der Waals surface area contributed by atoms with Gasteiger partial charge in [-0.1, -0.05) is 12.1 Å². The highest BCUT2D eigenvalue weighted by Crippen LogP contribution is 2.16. The van der Waals surface area contributed by atoms with Gasteiger partial charge >= 0.3 is 0 Å². The number of carbonyl (C=O) groups is 2. The highest BCUT2D eigenvalue weighted by Gasteiger charge is 2.19. The van der Waals surface area contributed by atoms with Crippen LogP contribution in [0.25, 0.3) is 0 Å². The molecular weight excluding hydrogens is 355 g/mol. The molecular formula is C14H17IN2O2. The number of rotatable bonds is 3. The number of benzene rings is 1. The van der Waals surface area contributed by atoms with Crippen LogP contribution in [0.15, 0.2) is 18.2 Å². The molecule has 1 saturated heterocycles. The number of aryl methyl sites for hydroxylation is 1. The number of amides is 2. The van der Waals surface area contributed by atoms with Crippen LogP contribution < -0.4 is 5.32 Å². The average Bonchev–Trinajstić information content (AvgIpc) is 2.93. The van der Waals surface area contributed by atoms with Crippen LogP contribution in [0.5, 0.6) is 0 Å². The maximum Gasteiger partial charge on any atom is 0.252 e. The largest absolute Gasteiger partial charge is 0.343 e. The molecule has 0 atom stereocenters. The molecule has 19 heavy (non-hydrogen) atoms. The molecule has 0 unspecified atom stereocenters. The Morgan fingerprint density at radius 3 is 2.68 bits per heavy atom. The smallest absolute Gasteiger partial charge is 0.252 e. The molecule has 102 valence electrons. The van der Waals surface area contributed by atoms with Crippen LogP contribution in [0.1, 0.15) is 28.8 Å². The predicted octanol–water partition coefficient (Wildman–Crippen LogP) is 1.95. The number of nitrogens with zero attached hydrogens (tertiary/aromatic N) is 1. The summed E-state index contributed by atoms with van der Waals surface area (Å²) in [5.74, 6) is -0.172. The first kappa shape index (κ1) is 14.3. The van der Waals surface area contributed by atoms with E-state index in [0.717, 1.165) is 35.1 Å². The Hall–Kier alpha value is -1.11. The monoisotopic (exact) mass is 372 g/mol. The van der Waals surface area contributed by atoms with Crippen molar-refractivity contribution in [3.63, 3.8) is 0 Å². The molecule has 4 nitrogen and oxygen atoms in total. The lowest BCUT2D eigenvalue weighted by atomic mass is 10.1. The summed E-state index contributed by atoms with van der Waals surface area (Å²) in [5, 5.41) is 2.71. The van der Waals surface area contributed by atoms with Gasteiger partial charge in [-0.2, -0.15) is 0 Å². The molecule has 1 aliphatic heterocycles. The average molecular weight is 372 g/mol. The Morgan fingerprint density at radius 1 is 1.32 bits per heavy atom. The van der Waals surface area contributed by atoms with Crippen molar-refractivity contribution in [3.8, 4) is 0 Å². The fourth-order valence-electron chi connectivity index (χ4n) is 2.15. The van der Waals surface area contributed by atoms with Gasteiger partial charge in [0.25, 0.3) is 5.91 Å². The van der Waals surface area contributed by atoms with E-state index >= 15 is 0 Å². The molecule has 1 aromatic carbocycles. The van der Waals surface area contributed by atoms with Crippen molar-refractivity contribution in [2.45, 2.75) is 19.8 Å². The minimum Gasteiger partial charge on any atom is -0.343 e. The fourth-order valence-corrected chi connectivity index (χ4v) is 2.76. The summed E-state index contributed by atoms with van der Waals surface area (Å²) in [6.45, 7) is 3.68. The Kier molecular flexibility index (Phi) is 4.79. The Balaban J connectivity index is 1.94. The molecule has 0 radical (unpaired) electrons. The molecule has 1 fully saturated rings. The van der Waals surface area contributed by atoms with Gasteiger partial charge in [0.2, 0.25) is 5.91 Å². The van der Waals surface area contributed by atoms with Crippen LogP contribution in [-0.4, -0.2) is 36.3 Å². The number of nitrogens with one attached hydrogen (secondary N) is 1. The highest BCUT2D eigenvalue weighted by molar-refractivity contribution is 14.1. The maximum absolute atomic E-state index is 12.1. The van der Waals surface area contributed by atoms with E-state index in [1.165, 1.54) is 0 Å². The fraction of sp³-hybridized carbons (Fsp3) is 0.429. The van der Waals surface area contributed by atoms with Crippen LogP contribution in [0.2, 0.25) is 0 Å². The normalized spacial score (nSPS) is 14.5. The molecule has 2 amide bonds. The lowest BCUT2D eigenvalue weighted by Crippen LogP contribution is -2.38. The van der Waals surface area contributed by atoms with Crippen LogP contribution >= 0.6 is 22.6 Å². The van der Waals surface area contributed by atoms with Gasteiger partial charge in [0.1, 0.15) is 0 Å². The molecule has 0 saturated carbocycles. The first-order valence-electron chi connectivity index (χ1n) is 6.40. The van der Waals surface area contributed by atoms with Crippen molar-refractivity contribution < 1.29 is 9.59 Å². The van der Waals surface area contributed by atoms with Gasteiger partial charge in [0.05, 0.1) is 12.1 Å². The highest BCUT2D eigenvalue weighted by atomic mass is 127. The van der Waals surface area contributed by atoms with E-state index in [9.17, 15) is 9.59 Å². The Bertz CT molecular complexity index is 496. The minimum atomic E-state index is -0.180. The van der Waals surface area contributed by atoms with E-state index in [1.807, 2.05) is 24.0 Å². The van der Waals surface area contributed by atoms with Crippen molar-refractivity contribution in [3.05, 3.63) is 32.9 Å². The zero-order valence-electron chi connectivity index (χ0n) is 10.9. The molecule has 0 spiro atoms. The van der Waals surface area contributed by atoms with Crippen LogP contribution in [0.3, 0.4) is 0 Å². The first-order valence-corrected chi connectivity index (χ1v) is 7.48. The standard InChI is InChI=1S/C14H17IN2O2/c1-10-5-4-6-11(13(10)15)14(19)16-9-12(18)17-7-2-3-8-17/h4-6H,2-3,7-9H2,1H3,(H,16,19). The molecule has 1 N–H and O–H groups in total. The van der Waals surface area contributed by atoms with Gasteiger partial charge in [0.15, 0.2) is 0 Å². The molecule has 0 aliphatic carbocycles. The summed E-state index contributed by atoms with van der Waals surface area (Å²) < 4.78 is 0.936. The SMILES string of the molecule is Cc1cccc(C(=O)NCC(=O)N2CCCC2)c1I. The van der Waals surface area contributed by atoms with Gasteiger partial charge in [0, 0.05) is 16.7 Å². The third-order valence-electron chi connectivity index (χ3n) is 3.30. The summed E-state index contributed by atoms with van der Waals surface area (Å²) >= 11 is 2.16. The predicted molar refractivity (Wildman–Crippen MR) is 82.0 cm³/mol. The summed E-state index contributed by atoms with van der Waals surface area (Å²) in [7, 11) is 0. The lowest BCUT2D eigenvalue weighted by Gasteiger charge is -2.15.